The lowest BCUT2D eigenvalue weighted by Crippen LogP contribution is -2.49. The standard InChI is InChI=1S/C15H19N3O2/c1-18-12-7-3-2-6-11(12)13(17-18)14(20)16-15(10-19)8-4-5-9-15/h2-3,6-7,19H,4-5,8-10H2,1H3,(H,16,20). The van der Waals surface area contributed by atoms with Gasteiger partial charge in [0.15, 0.2) is 5.69 Å². The summed E-state index contributed by atoms with van der Waals surface area (Å²) in [7, 11) is 1.83. The zero-order valence-electron chi connectivity index (χ0n) is 11.6. The summed E-state index contributed by atoms with van der Waals surface area (Å²) in [6.45, 7) is -0.0104. The molecule has 2 aromatic rings. The van der Waals surface area contributed by atoms with Gasteiger partial charge in [0.05, 0.1) is 17.7 Å². The van der Waals surface area contributed by atoms with Gasteiger partial charge in [0.1, 0.15) is 0 Å². The number of rotatable bonds is 3. The molecule has 0 radical (unpaired) electrons. The van der Waals surface area contributed by atoms with E-state index in [4.69, 9.17) is 0 Å². The first kappa shape index (κ1) is 13.1. The van der Waals surface area contributed by atoms with Crippen molar-refractivity contribution >= 4 is 16.8 Å². The predicted octanol–water partition coefficient (Wildman–Crippen LogP) is 1.61. The number of carbonyl (C=O) groups is 1. The van der Waals surface area contributed by atoms with Crippen LogP contribution in [0.25, 0.3) is 10.9 Å². The van der Waals surface area contributed by atoms with Crippen molar-refractivity contribution in [1.82, 2.24) is 15.1 Å². The molecule has 0 aliphatic heterocycles. The molecule has 1 aromatic carbocycles. The number of amides is 1. The second-order valence-corrected chi connectivity index (χ2v) is 5.59. The van der Waals surface area contributed by atoms with Gasteiger partial charge in [-0.1, -0.05) is 31.0 Å². The second-order valence-electron chi connectivity index (χ2n) is 5.59. The molecule has 0 unspecified atom stereocenters. The summed E-state index contributed by atoms with van der Waals surface area (Å²) in [6, 6.07) is 7.67. The molecule has 5 nitrogen and oxygen atoms in total. The highest BCUT2D eigenvalue weighted by Gasteiger charge is 2.35. The van der Waals surface area contributed by atoms with Crippen molar-refractivity contribution < 1.29 is 9.90 Å². The van der Waals surface area contributed by atoms with E-state index in [2.05, 4.69) is 10.4 Å². The number of benzene rings is 1. The Labute approximate surface area is 117 Å². The third kappa shape index (κ3) is 2.08. The van der Waals surface area contributed by atoms with Crippen molar-refractivity contribution in [3.8, 4) is 0 Å². The fraction of sp³-hybridized carbons (Fsp3) is 0.467. The number of hydrogen-bond acceptors (Lipinski definition) is 3. The Morgan fingerprint density at radius 3 is 2.80 bits per heavy atom. The SMILES string of the molecule is Cn1nc(C(=O)NC2(CO)CCCC2)c2ccccc21. The van der Waals surface area contributed by atoms with E-state index in [-0.39, 0.29) is 12.5 Å². The largest absolute Gasteiger partial charge is 0.394 e. The van der Waals surface area contributed by atoms with Crippen LogP contribution in [-0.2, 0) is 7.05 Å². The molecule has 20 heavy (non-hydrogen) atoms. The molecule has 0 saturated heterocycles. The molecule has 1 saturated carbocycles. The summed E-state index contributed by atoms with van der Waals surface area (Å²) >= 11 is 0. The van der Waals surface area contributed by atoms with Gasteiger partial charge in [-0.3, -0.25) is 9.48 Å². The Morgan fingerprint density at radius 2 is 2.10 bits per heavy atom. The van der Waals surface area contributed by atoms with E-state index in [1.54, 1.807) is 4.68 Å². The first-order valence-corrected chi connectivity index (χ1v) is 7.00. The first-order chi connectivity index (χ1) is 9.65. The number of carbonyl (C=O) groups excluding carboxylic acids is 1. The molecule has 1 aromatic heterocycles. The van der Waals surface area contributed by atoms with Crippen LogP contribution in [0, 0.1) is 0 Å². The second kappa shape index (κ2) is 4.90. The topological polar surface area (TPSA) is 67.2 Å². The minimum Gasteiger partial charge on any atom is -0.394 e. The molecule has 1 aliphatic rings. The van der Waals surface area contributed by atoms with Gasteiger partial charge in [-0.2, -0.15) is 5.10 Å². The van der Waals surface area contributed by atoms with E-state index < -0.39 is 5.54 Å². The lowest BCUT2D eigenvalue weighted by molar-refractivity contribution is 0.0834. The van der Waals surface area contributed by atoms with Gasteiger partial charge >= 0.3 is 0 Å². The lowest BCUT2D eigenvalue weighted by atomic mass is 9.98. The number of aryl methyl sites for hydroxylation is 1. The molecule has 106 valence electrons. The highest BCUT2D eigenvalue weighted by Crippen LogP contribution is 2.29. The first-order valence-electron chi connectivity index (χ1n) is 7.00. The zero-order chi connectivity index (χ0) is 14.2. The molecule has 5 heteroatoms. The van der Waals surface area contributed by atoms with Gasteiger partial charge < -0.3 is 10.4 Å². The Morgan fingerprint density at radius 1 is 1.40 bits per heavy atom. The van der Waals surface area contributed by atoms with Crippen LogP contribution in [0.15, 0.2) is 24.3 Å². The molecule has 3 rings (SSSR count). The molecule has 2 N–H and O–H groups in total. The maximum Gasteiger partial charge on any atom is 0.272 e. The van der Waals surface area contributed by atoms with Gasteiger partial charge in [0.2, 0.25) is 0 Å². The number of aromatic nitrogens is 2. The minimum absolute atomic E-state index is 0.0104. The summed E-state index contributed by atoms with van der Waals surface area (Å²) in [5.74, 6) is -0.197. The van der Waals surface area contributed by atoms with Crippen LogP contribution < -0.4 is 5.32 Å². The Hall–Kier alpha value is -1.88. The van der Waals surface area contributed by atoms with Crippen LogP contribution >= 0.6 is 0 Å². The Kier molecular flexibility index (Phi) is 3.22. The Balaban J connectivity index is 1.93. The fourth-order valence-corrected chi connectivity index (χ4v) is 3.06. The molecule has 1 aliphatic carbocycles. The van der Waals surface area contributed by atoms with Crippen LogP contribution in [0.1, 0.15) is 36.2 Å². The summed E-state index contributed by atoms with van der Waals surface area (Å²) in [6.07, 6.45) is 3.76. The normalized spacial score (nSPS) is 17.5. The number of nitrogens with one attached hydrogen (secondary N) is 1. The van der Waals surface area contributed by atoms with Crippen molar-refractivity contribution in [3.05, 3.63) is 30.0 Å². The zero-order valence-corrected chi connectivity index (χ0v) is 11.6. The molecule has 1 amide bonds. The summed E-state index contributed by atoms with van der Waals surface area (Å²) in [4.78, 5) is 12.5. The van der Waals surface area contributed by atoms with E-state index in [9.17, 15) is 9.90 Å². The maximum absolute atomic E-state index is 12.5. The molecule has 0 spiro atoms. The average Bonchev–Trinajstić information content (AvgIpc) is 3.05. The third-order valence-electron chi connectivity index (χ3n) is 4.21. The predicted molar refractivity (Wildman–Crippen MR) is 76.5 cm³/mol. The van der Waals surface area contributed by atoms with Gasteiger partial charge in [-0.05, 0) is 18.9 Å². The number of aliphatic hydroxyl groups is 1. The van der Waals surface area contributed by atoms with Gasteiger partial charge in [-0.15, -0.1) is 0 Å². The van der Waals surface area contributed by atoms with Crippen LogP contribution in [0.3, 0.4) is 0 Å². The summed E-state index contributed by atoms with van der Waals surface area (Å²) in [5, 5.41) is 17.8. The summed E-state index contributed by atoms with van der Waals surface area (Å²) < 4.78 is 1.71. The molecule has 0 bridgehead atoms. The fourth-order valence-electron chi connectivity index (χ4n) is 3.06. The molecule has 0 atom stereocenters. The van der Waals surface area contributed by atoms with Crippen LogP contribution in [0.5, 0.6) is 0 Å². The number of hydrogen-bond donors (Lipinski definition) is 2. The van der Waals surface area contributed by atoms with Gasteiger partial charge in [0.25, 0.3) is 5.91 Å². The van der Waals surface area contributed by atoms with Crippen LogP contribution in [-0.4, -0.2) is 32.9 Å². The smallest absolute Gasteiger partial charge is 0.272 e. The number of nitrogens with zero attached hydrogens (tertiary/aromatic N) is 2. The van der Waals surface area contributed by atoms with Gasteiger partial charge in [-0.25, -0.2) is 0 Å². The maximum atomic E-state index is 12.5. The minimum atomic E-state index is -0.463. The van der Waals surface area contributed by atoms with Crippen LogP contribution in [0.4, 0.5) is 0 Å². The number of fused-ring (bicyclic) bond motifs is 1. The molecular formula is C15H19N3O2. The average molecular weight is 273 g/mol. The van der Waals surface area contributed by atoms with Crippen molar-refractivity contribution in [1.29, 1.82) is 0 Å². The summed E-state index contributed by atoms with van der Waals surface area (Å²) in [5.41, 5.74) is 0.903. The van der Waals surface area contributed by atoms with E-state index in [1.807, 2.05) is 31.3 Å². The van der Waals surface area contributed by atoms with Crippen LogP contribution in [0.2, 0.25) is 0 Å². The van der Waals surface area contributed by atoms with Crippen molar-refractivity contribution in [3.63, 3.8) is 0 Å². The molecule has 1 heterocycles. The highest BCUT2D eigenvalue weighted by atomic mass is 16.3. The number of para-hydroxylation sites is 1. The third-order valence-corrected chi connectivity index (χ3v) is 4.21. The van der Waals surface area contributed by atoms with E-state index in [1.165, 1.54) is 0 Å². The molecule has 1 fully saturated rings. The number of aliphatic hydroxyl groups excluding tert-OH is 1. The lowest BCUT2D eigenvalue weighted by Gasteiger charge is -2.27. The van der Waals surface area contributed by atoms with E-state index >= 15 is 0 Å². The van der Waals surface area contributed by atoms with Gasteiger partial charge in [0, 0.05) is 12.4 Å². The Bertz CT molecular complexity index is 642. The van der Waals surface area contributed by atoms with Crippen molar-refractivity contribution in [2.45, 2.75) is 31.2 Å². The monoisotopic (exact) mass is 273 g/mol. The molecular weight excluding hydrogens is 254 g/mol. The highest BCUT2D eigenvalue weighted by molar-refractivity contribution is 6.05. The quantitative estimate of drug-likeness (QED) is 0.892. The van der Waals surface area contributed by atoms with E-state index in [0.29, 0.717) is 5.69 Å². The van der Waals surface area contributed by atoms with E-state index in [0.717, 1.165) is 36.6 Å². The van der Waals surface area contributed by atoms with Crippen molar-refractivity contribution in [2.24, 2.45) is 7.05 Å². The van der Waals surface area contributed by atoms with Crippen molar-refractivity contribution in [2.75, 3.05) is 6.61 Å².